The summed E-state index contributed by atoms with van der Waals surface area (Å²) in [5.41, 5.74) is 10.7. The van der Waals surface area contributed by atoms with Crippen molar-refractivity contribution in [2.75, 3.05) is 13.2 Å². The lowest BCUT2D eigenvalue weighted by atomic mass is 9.85. The number of rotatable bonds is 16. The van der Waals surface area contributed by atoms with E-state index in [0.29, 0.717) is 19.4 Å². The van der Waals surface area contributed by atoms with Crippen molar-refractivity contribution in [3.63, 3.8) is 0 Å². The Bertz CT molecular complexity index is 1850. The molecule has 0 amide bonds. The largest absolute Gasteiger partial charge is 0.468 e. The van der Waals surface area contributed by atoms with E-state index in [1.807, 2.05) is 115 Å². The summed E-state index contributed by atoms with van der Waals surface area (Å²) in [7, 11) is 0. The highest BCUT2D eigenvalue weighted by molar-refractivity contribution is 5.84. The average molecular weight is 739 g/mol. The Labute approximate surface area is 314 Å². The van der Waals surface area contributed by atoms with Crippen LogP contribution in [0.3, 0.4) is 0 Å². The molecule has 1 aliphatic rings. The van der Waals surface area contributed by atoms with Crippen LogP contribution >= 0.6 is 0 Å². The second kappa shape index (κ2) is 19.5. The summed E-state index contributed by atoms with van der Waals surface area (Å²) in [6.45, 7) is 1.06. The monoisotopic (exact) mass is 738 g/mol. The molecule has 0 aliphatic carbocycles. The van der Waals surface area contributed by atoms with E-state index in [0.717, 1.165) is 34.2 Å². The predicted octanol–water partition coefficient (Wildman–Crippen LogP) is 8.77. The molecule has 1 fully saturated rings. The van der Waals surface area contributed by atoms with E-state index >= 15 is 0 Å². The minimum Gasteiger partial charge on any atom is -0.441 e. The minimum absolute atomic E-state index is 0.0811. The van der Waals surface area contributed by atoms with Gasteiger partial charge in [0.1, 0.15) is 12.2 Å². The third kappa shape index (κ3) is 11.3. The molecular formula is C44H45F3N2O5. The maximum atomic E-state index is 14.7. The Morgan fingerprint density at radius 2 is 1.06 bits per heavy atom. The molecule has 1 heterocycles. The SMILES string of the molecule is NCCc1ccc(CCOC2OC(OC(=Nc3ccccc3)C(F)(F)F)C(OCc3ccccc3)C(Cc3ccccc3)C2OCc2ccccc2)cc1. The van der Waals surface area contributed by atoms with Gasteiger partial charge in [-0.05, 0) is 65.8 Å². The van der Waals surface area contributed by atoms with Crippen molar-refractivity contribution in [2.45, 2.75) is 63.4 Å². The smallest absolute Gasteiger partial charge is 0.441 e. The summed E-state index contributed by atoms with van der Waals surface area (Å²) in [4.78, 5) is 3.88. The zero-order chi connectivity index (χ0) is 37.6. The Hall–Kier alpha value is -4.84. The topological polar surface area (TPSA) is 84.5 Å². The highest BCUT2D eigenvalue weighted by Crippen LogP contribution is 2.37. The molecular weight excluding hydrogens is 693 g/mol. The zero-order valence-electron chi connectivity index (χ0n) is 29.9. The van der Waals surface area contributed by atoms with Gasteiger partial charge in [-0.1, -0.05) is 133 Å². The van der Waals surface area contributed by atoms with Crippen molar-refractivity contribution >= 4 is 11.6 Å². The fraction of sp³-hybridized carbons (Fsp3) is 0.295. The maximum Gasteiger partial charge on any atom is 0.468 e. The number of hydrogen-bond donors (Lipinski definition) is 1. The van der Waals surface area contributed by atoms with Crippen LogP contribution in [0.5, 0.6) is 0 Å². The first-order valence-corrected chi connectivity index (χ1v) is 18.1. The summed E-state index contributed by atoms with van der Waals surface area (Å²) in [5.74, 6) is -2.03. The molecule has 0 bridgehead atoms. The van der Waals surface area contributed by atoms with Gasteiger partial charge in [0, 0.05) is 5.92 Å². The molecule has 7 nitrogen and oxygen atoms in total. The van der Waals surface area contributed by atoms with E-state index < -0.39 is 42.8 Å². The molecule has 2 N–H and O–H groups in total. The van der Waals surface area contributed by atoms with Crippen LogP contribution in [0.4, 0.5) is 18.9 Å². The standard InChI is InChI=1S/C44H45F3N2O5/c45-44(46,47)43(49-37-19-11-4-12-20-37)54-42-40(52-31-36-17-9-3-10-18-36)38(29-34-13-5-1-6-14-34)39(51-30-35-15-7-2-8-16-35)41(53-42)50-28-26-33-23-21-32(22-24-33)25-27-48/h1-24,38-42H,25-31,48H2. The number of aliphatic imine (C=N–C) groups is 1. The number of ether oxygens (including phenoxy) is 5. The highest BCUT2D eigenvalue weighted by atomic mass is 19.4. The average Bonchev–Trinajstić information content (AvgIpc) is 3.19. The lowest BCUT2D eigenvalue weighted by Crippen LogP contribution is -2.59. The van der Waals surface area contributed by atoms with Gasteiger partial charge in [0.15, 0.2) is 6.29 Å². The number of nitrogens with two attached hydrogens (primary N) is 1. The van der Waals surface area contributed by atoms with Crippen molar-refractivity contribution in [3.05, 3.63) is 173 Å². The quantitative estimate of drug-likeness (QED) is 0.0806. The molecule has 54 heavy (non-hydrogen) atoms. The molecule has 0 spiro atoms. The number of para-hydroxylation sites is 1. The predicted molar refractivity (Wildman–Crippen MR) is 202 cm³/mol. The van der Waals surface area contributed by atoms with Gasteiger partial charge in [-0.25, -0.2) is 4.99 Å². The first-order valence-electron chi connectivity index (χ1n) is 18.1. The first kappa shape index (κ1) is 38.9. The van der Waals surface area contributed by atoms with Gasteiger partial charge in [0.05, 0.1) is 25.5 Å². The Kier molecular flexibility index (Phi) is 14.0. The van der Waals surface area contributed by atoms with Crippen molar-refractivity contribution < 1.29 is 36.9 Å². The number of hydrogen-bond acceptors (Lipinski definition) is 7. The molecule has 1 aliphatic heterocycles. The fourth-order valence-corrected chi connectivity index (χ4v) is 6.38. The number of benzene rings is 5. The maximum absolute atomic E-state index is 14.7. The van der Waals surface area contributed by atoms with Crippen LogP contribution in [0.1, 0.15) is 27.8 Å². The molecule has 5 aromatic carbocycles. The molecule has 0 aromatic heterocycles. The molecule has 10 heteroatoms. The van der Waals surface area contributed by atoms with E-state index in [2.05, 4.69) is 4.99 Å². The van der Waals surface area contributed by atoms with E-state index in [-0.39, 0.29) is 25.5 Å². The second-order valence-corrected chi connectivity index (χ2v) is 13.1. The number of nitrogens with zero attached hydrogens (tertiary/aromatic N) is 1. The third-order valence-corrected chi connectivity index (χ3v) is 9.12. The van der Waals surface area contributed by atoms with E-state index in [1.54, 1.807) is 18.2 Å². The van der Waals surface area contributed by atoms with Crippen LogP contribution in [-0.2, 0) is 56.2 Å². The van der Waals surface area contributed by atoms with E-state index in [9.17, 15) is 13.2 Å². The van der Waals surface area contributed by atoms with Gasteiger partial charge >= 0.3 is 6.18 Å². The molecule has 0 radical (unpaired) electrons. The first-order chi connectivity index (χ1) is 26.4. The lowest BCUT2D eigenvalue weighted by molar-refractivity contribution is -0.344. The van der Waals surface area contributed by atoms with Crippen molar-refractivity contribution in [3.8, 4) is 0 Å². The molecule has 5 unspecified atom stereocenters. The molecule has 5 atom stereocenters. The van der Waals surface area contributed by atoms with Crippen LogP contribution < -0.4 is 5.73 Å². The van der Waals surface area contributed by atoms with E-state index in [4.69, 9.17) is 29.4 Å². The van der Waals surface area contributed by atoms with Crippen LogP contribution in [0.2, 0.25) is 0 Å². The Balaban J connectivity index is 1.36. The summed E-state index contributed by atoms with van der Waals surface area (Å²) < 4.78 is 76.0. The van der Waals surface area contributed by atoms with Crippen molar-refractivity contribution in [2.24, 2.45) is 16.6 Å². The molecule has 1 saturated heterocycles. The summed E-state index contributed by atoms with van der Waals surface area (Å²) in [6, 6.07) is 44.7. The summed E-state index contributed by atoms with van der Waals surface area (Å²) in [5, 5.41) is 0. The van der Waals surface area contributed by atoms with E-state index in [1.165, 1.54) is 12.1 Å². The van der Waals surface area contributed by atoms with Crippen molar-refractivity contribution in [1.29, 1.82) is 0 Å². The van der Waals surface area contributed by atoms with Crippen LogP contribution in [-0.4, -0.2) is 50.0 Å². The number of alkyl halides is 3. The molecule has 0 saturated carbocycles. The van der Waals surface area contributed by atoms with Gasteiger partial charge in [-0.2, -0.15) is 13.2 Å². The van der Waals surface area contributed by atoms with Crippen LogP contribution in [0, 0.1) is 5.92 Å². The molecule has 6 rings (SSSR count). The highest BCUT2D eigenvalue weighted by Gasteiger charge is 2.51. The molecule has 282 valence electrons. The fourth-order valence-electron chi connectivity index (χ4n) is 6.38. The van der Waals surface area contributed by atoms with Crippen LogP contribution in [0.25, 0.3) is 0 Å². The van der Waals surface area contributed by atoms with Gasteiger partial charge in [0.2, 0.25) is 6.29 Å². The van der Waals surface area contributed by atoms with Crippen molar-refractivity contribution in [1.82, 2.24) is 0 Å². The summed E-state index contributed by atoms with van der Waals surface area (Å²) >= 11 is 0. The minimum atomic E-state index is -4.94. The Morgan fingerprint density at radius 3 is 1.57 bits per heavy atom. The number of halogens is 3. The Morgan fingerprint density at radius 1 is 0.574 bits per heavy atom. The normalized spacial score (nSPS) is 20.4. The van der Waals surface area contributed by atoms with Gasteiger partial charge in [0.25, 0.3) is 5.90 Å². The summed E-state index contributed by atoms with van der Waals surface area (Å²) in [6.07, 6.45) is -7.75. The second-order valence-electron chi connectivity index (χ2n) is 13.1. The molecule has 5 aromatic rings. The third-order valence-electron chi connectivity index (χ3n) is 9.12. The van der Waals surface area contributed by atoms with Gasteiger partial charge in [-0.3, -0.25) is 0 Å². The lowest BCUT2D eigenvalue weighted by Gasteiger charge is -2.46. The van der Waals surface area contributed by atoms with Gasteiger partial charge in [-0.15, -0.1) is 0 Å². The van der Waals surface area contributed by atoms with Gasteiger partial charge < -0.3 is 29.4 Å². The van der Waals surface area contributed by atoms with Crippen LogP contribution in [0.15, 0.2) is 151 Å². The zero-order valence-corrected chi connectivity index (χ0v) is 29.9.